The number of carbonyl (C=O) groups excluding carboxylic acids is 1. The van der Waals surface area contributed by atoms with Gasteiger partial charge in [0.25, 0.3) is 0 Å². The number of benzene rings is 1. The van der Waals surface area contributed by atoms with Crippen LogP contribution in [0.1, 0.15) is 12.0 Å². The van der Waals surface area contributed by atoms with Crippen molar-refractivity contribution in [2.24, 2.45) is 0 Å². The monoisotopic (exact) mass is 363 g/mol. The summed E-state index contributed by atoms with van der Waals surface area (Å²) >= 11 is 0. The zero-order valence-electron chi connectivity index (χ0n) is 13.5. The third-order valence-corrected chi connectivity index (χ3v) is 3.70. The van der Waals surface area contributed by atoms with Gasteiger partial charge in [-0.2, -0.15) is 8.78 Å². The molecule has 0 bridgehead atoms. The topological polar surface area (TPSA) is 53.6 Å². The summed E-state index contributed by atoms with van der Waals surface area (Å²) in [5, 5.41) is 6.19. The molecule has 2 N–H and O–H groups in total. The van der Waals surface area contributed by atoms with Crippen molar-refractivity contribution in [2.75, 3.05) is 39.3 Å². The van der Waals surface area contributed by atoms with Crippen LogP contribution in [-0.4, -0.2) is 56.7 Å². The van der Waals surface area contributed by atoms with E-state index in [1.807, 2.05) is 0 Å². The molecule has 8 heteroatoms. The van der Waals surface area contributed by atoms with E-state index in [-0.39, 0.29) is 30.5 Å². The fourth-order valence-electron chi connectivity index (χ4n) is 2.50. The average Bonchev–Trinajstić information content (AvgIpc) is 2.54. The SMILES string of the molecule is Cl.O=C(Cc1ccc(OC(F)F)cc1)NCCCN1CCNCC1. The molecule has 1 aliphatic rings. The molecule has 5 nitrogen and oxygen atoms in total. The Morgan fingerprint density at radius 1 is 1.25 bits per heavy atom. The molecule has 1 aromatic rings. The number of hydrogen-bond donors (Lipinski definition) is 2. The maximum Gasteiger partial charge on any atom is 0.387 e. The summed E-state index contributed by atoms with van der Waals surface area (Å²) in [5.74, 6) is 0.0352. The van der Waals surface area contributed by atoms with E-state index in [0.29, 0.717) is 6.54 Å². The van der Waals surface area contributed by atoms with Crippen molar-refractivity contribution < 1.29 is 18.3 Å². The summed E-state index contributed by atoms with van der Waals surface area (Å²) in [7, 11) is 0. The molecule has 0 unspecified atom stereocenters. The van der Waals surface area contributed by atoms with Crippen LogP contribution in [0.5, 0.6) is 5.75 Å². The third kappa shape index (κ3) is 7.90. The summed E-state index contributed by atoms with van der Waals surface area (Å²) in [6, 6.07) is 6.13. The first-order valence-electron chi connectivity index (χ1n) is 7.87. The molecule has 24 heavy (non-hydrogen) atoms. The van der Waals surface area contributed by atoms with Crippen LogP contribution in [0, 0.1) is 0 Å². The maximum atomic E-state index is 12.0. The molecule has 0 aliphatic carbocycles. The lowest BCUT2D eigenvalue weighted by Crippen LogP contribution is -2.44. The number of amides is 1. The standard InChI is InChI=1S/C16H23F2N3O2.ClH/c17-16(18)23-14-4-2-13(3-5-14)12-15(22)20-6-1-9-21-10-7-19-8-11-21;/h2-5,16,19H,1,6-12H2,(H,20,22);1H. The Kier molecular flexibility index (Phi) is 9.59. The van der Waals surface area contributed by atoms with Crippen LogP contribution >= 0.6 is 12.4 Å². The fourth-order valence-corrected chi connectivity index (χ4v) is 2.50. The number of nitrogens with zero attached hydrogens (tertiary/aromatic N) is 1. The Balaban J connectivity index is 0.00000288. The molecular weight excluding hydrogens is 340 g/mol. The summed E-state index contributed by atoms with van der Waals surface area (Å²) < 4.78 is 28.4. The molecule has 1 aliphatic heterocycles. The lowest BCUT2D eigenvalue weighted by Gasteiger charge is -2.27. The summed E-state index contributed by atoms with van der Waals surface area (Å²) in [6.45, 7) is 2.97. The maximum absolute atomic E-state index is 12.0. The molecule has 0 spiro atoms. The first-order valence-corrected chi connectivity index (χ1v) is 7.87. The highest BCUT2D eigenvalue weighted by Gasteiger charge is 2.09. The minimum absolute atomic E-state index is 0. The molecule has 1 saturated heterocycles. The molecule has 0 aromatic heterocycles. The number of rotatable bonds is 8. The lowest BCUT2D eigenvalue weighted by atomic mass is 10.1. The molecule has 2 rings (SSSR count). The second-order valence-electron chi connectivity index (χ2n) is 5.49. The van der Waals surface area contributed by atoms with Crippen molar-refractivity contribution >= 4 is 18.3 Å². The van der Waals surface area contributed by atoms with Crippen LogP contribution in [0.2, 0.25) is 0 Å². The third-order valence-electron chi connectivity index (χ3n) is 3.70. The van der Waals surface area contributed by atoms with Gasteiger partial charge in [-0.3, -0.25) is 4.79 Å². The van der Waals surface area contributed by atoms with Gasteiger partial charge >= 0.3 is 6.61 Å². The van der Waals surface area contributed by atoms with Crippen LogP contribution in [0.25, 0.3) is 0 Å². The van der Waals surface area contributed by atoms with Gasteiger partial charge < -0.3 is 20.3 Å². The van der Waals surface area contributed by atoms with E-state index in [1.54, 1.807) is 12.1 Å². The van der Waals surface area contributed by atoms with Crippen molar-refractivity contribution in [3.05, 3.63) is 29.8 Å². The van der Waals surface area contributed by atoms with Gasteiger partial charge in [0.05, 0.1) is 6.42 Å². The van der Waals surface area contributed by atoms with E-state index in [9.17, 15) is 13.6 Å². The molecule has 136 valence electrons. The zero-order chi connectivity index (χ0) is 16.5. The van der Waals surface area contributed by atoms with Gasteiger partial charge in [-0.15, -0.1) is 12.4 Å². The van der Waals surface area contributed by atoms with E-state index in [4.69, 9.17) is 0 Å². The van der Waals surface area contributed by atoms with E-state index in [2.05, 4.69) is 20.3 Å². The molecule has 1 heterocycles. The summed E-state index contributed by atoms with van der Waals surface area (Å²) in [4.78, 5) is 14.2. The smallest absolute Gasteiger partial charge is 0.387 e. The predicted octanol–water partition coefficient (Wildman–Crippen LogP) is 1.66. The van der Waals surface area contributed by atoms with Crippen LogP contribution in [-0.2, 0) is 11.2 Å². The summed E-state index contributed by atoms with van der Waals surface area (Å²) in [5.41, 5.74) is 0.770. The Morgan fingerprint density at radius 2 is 1.92 bits per heavy atom. The van der Waals surface area contributed by atoms with Gasteiger partial charge in [0.2, 0.25) is 5.91 Å². The molecule has 1 fully saturated rings. The van der Waals surface area contributed by atoms with Gasteiger partial charge in [0.15, 0.2) is 0 Å². The van der Waals surface area contributed by atoms with Crippen molar-refractivity contribution in [3.63, 3.8) is 0 Å². The first-order chi connectivity index (χ1) is 11.1. The number of halogens is 3. The van der Waals surface area contributed by atoms with Crippen molar-refractivity contribution in [1.82, 2.24) is 15.5 Å². The number of ether oxygens (including phenoxy) is 1. The minimum atomic E-state index is -2.83. The quantitative estimate of drug-likeness (QED) is 0.690. The Labute approximate surface area is 147 Å². The van der Waals surface area contributed by atoms with Crippen molar-refractivity contribution in [1.29, 1.82) is 0 Å². The van der Waals surface area contributed by atoms with Crippen molar-refractivity contribution in [3.8, 4) is 5.75 Å². The van der Waals surface area contributed by atoms with Crippen LogP contribution in [0.4, 0.5) is 8.78 Å². The minimum Gasteiger partial charge on any atom is -0.435 e. The van der Waals surface area contributed by atoms with Crippen molar-refractivity contribution in [2.45, 2.75) is 19.5 Å². The highest BCUT2D eigenvalue weighted by atomic mass is 35.5. The predicted molar refractivity (Wildman–Crippen MR) is 91.0 cm³/mol. The van der Waals surface area contributed by atoms with Crippen LogP contribution in [0.3, 0.4) is 0 Å². The second kappa shape index (κ2) is 11.2. The number of nitrogens with one attached hydrogen (secondary N) is 2. The van der Waals surface area contributed by atoms with Gasteiger partial charge in [-0.25, -0.2) is 0 Å². The molecule has 0 radical (unpaired) electrons. The molecule has 0 saturated carbocycles. The highest BCUT2D eigenvalue weighted by molar-refractivity contribution is 5.85. The van der Waals surface area contributed by atoms with E-state index < -0.39 is 6.61 Å². The van der Waals surface area contributed by atoms with Gasteiger partial charge in [-0.05, 0) is 30.7 Å². The fraction of sp³-hybridized carbons (Fsp3) is 0.562. The van der Waals surface area contributed by atoms with E-state index >= 15 is 0 Å². The first kappa shape index (κ1) is 20.6. The highest BCUT2D eigenvalue weighted by Crippen LogP contribution is 2.15. The number of hydrogen-bond acceptors (Lipinski definition) is 4. The largest absolute Gasteiger partial charge is 0.435 e. The molecule has 1 amide bonds. The average molecular weight is 364 g/mol. The second-order valence-corrected chi connectivity index (χ2v) is 5.49. The Hall–Kier alpha value is -1.44. The number of carbonyl (C=O) groups is 1. The van der Waals surface area contributed by atoms with Gasteiger partial charge in [0.1, 0.15) is 5.75 Å². The van der Waals surface area contributed by atoms with E-state index in [0.717, 1.165) is 44.7 Å². The molecule has 1 aromatic carbocycles. The van der Waals surface area contributed by atoms with Crippen LogP contribution < -0.4 is 15.4 Å². The van der Waals surface area contributed by atoms with Crippen LogP contribution in [0.15, 0.2) is 24.3 Å². The normalized spacial score (nSPS) is 15.0. The zero-order valence-corrected chi connectivity index (χ0v) is 14.3. The molecular formula is C16H24ClF2N3O2. The van der Waals surface area contributed by atoms with E-state index in [1.165, 1.54) is 12.1 Å². The van der Waals surface area contributed by atoms with Gasteiger partial charge in [0, 0.05) is 32.7 Å². The molecule has 0 atom stereocenters. The van der Waals surface area contributed by atoms with Gasteiger partial charge in [-0.1, -0.05) is 12.1 Å². The number of alkyl halides is 2. The number of piperazine rings is 1. The lowest BCUT2D eigenvalue weighted by molar-refractivity contribution is -0.120. The summed E-state index contributed by atoms with van der Waals surface area (Å²) in [6.07, 6.45) is 1.16. The Bertz CT molecular complexity index is 483. The Morgan fingerprint density at radius 3 is 2.54 bits per heavy atom.